The molecule has 0 aliphatic heterocycles. The number of aliphatic hydroxyl groups is 1. The van der Waals surface area contributed by atoms with Crippen LogP contribution >= 0.6 is 0 Å². The van der Waals surface area contributed by atoms with Crippen molar-refractivity contribution in [3.8, 4) is 0 Å². The third kappa shape index (κ3) is 3.77. The number of carbonyl (C=O) groups excluding carboxylic acids is 2. The van der Waals surface area contributed by atoms with E-state index in [2.05, 4.69) is 5.32 Å². The molecule has 2 rings (SSSR count). The smallest absolute Gasteiger partial charge is 0.217 e. The van der Waals surface area contributed by atoms with Gasteiger partial charge in [-0.05, 0) is 5.56 Å². The quantitative estimate of drug-likeness (QED) is 0.826. The molecule has 0 radical (unpaired) electrons. The number of aliphatic hydroxyl groups excluding tert-OH is 1. The monoisotopic (exact) mass is 283 g/mol. The second-order valence-electron chi connectivity index (χ2n) is 4.76. The van der Waals surface area contributed by atoms with E-state index in [0.717, 1.165) is 0 Å². The van der Waals surface area contributed by atoms with E-state index in [1.807, 2.05) is 6.07 Å². The molecule has 0 aliphatic rings. The molecular weight excluding hydrogens is 266 g/mol. The number of benzene rings is 2. The average Bonchev–Trinajstić information content (AvgIpc) is 2.53. The molecule has 1 amide bonds. The van der Waals surface area contributed by atoms with E-state index in [1.165, 1.54) is 6.92 Å². The SMILES string of the molecule is CC(=O)NC(c1ccccc1)[C@@H](O)C(=O)c1ccccc1. The molecule has 0 saturated carbocycles. The predicted octanol–water partition coefficient (Wildman–Crippen LogP) is 2.11. The Morgan fingerprint density at radius 3 is 2.00 bits per heavy atom. The van der Waals surface area contributed by atoms with Crippen molar-refractivity contribution in [2.45, 2.75) is 19.1 Å². The van der Waals surface area contributed by atoms with Gasteiger partial charge in [-0.25, -0.2) is 0 Å². The first-order valence-electron chi connectivity index (χ1n) is 6.69. The van der Waals surface area contributed by atoms with E-state index in [4.69, 9.17) is 0 Å². The number of nitrogens with one attached hydrogen (secondary N) is 1. The summed E-state index contributed by atoms with van der Waals surface area (Å²) in [5, 5.41) is 13.0. The number of Topliss-reactive ketones (excluding diaryl/α,β-unsaturated/α-hetero) is 1. The lowest BCUT2D eigenvalue weighted by Crippen LogP contribution is -2.39. The van der Waals surface area contributed by atoms with Crippen molar-refractivity contribution in [3.63, 3.8) is 0 Å². The van der Waals surface area contributed by atoms with Crippen LogP contribution in [0.4, 0.5) is 0 Å². The van der Waals surface area contributed by atoms with Gasteiger partial charge < -0.3 is 10.4 Å². The fourth-order valence-corrected chi connectivity index (χ4v) is 2.15. The molecule has 0 aromatic heterocycles. The van der Waals surface area contributed by atoms with E-state index in [-0.39, 0.29) is 5.91 Å². The molecule has 0 fully saturated rings. The molecule has 2 atom stereocenters. The summed E-state index contributed by atoms with van der Waals surface area (Å²) in [5.74, 6) is -0.720. The highest BCUT2D eigenvalue weighted by Gasteiger charge is 2.28. The van der Waals surface area contributed by atoms with Gasteiger partial charge in [-0.2, -0.15) is 0 Å². The molecular formula is C17H17NO3. The first-order chi connectivity index (χ1) is 10.1. The van der Waals surface area contributed by atoms with E-state index < -0.39 is 17.9 Å². The molecule has 108 valence electrons. The zero-order valence-corrected chi connectivity index (χ0v) is 11.7. The minimum atomic E-state index is -1.33. The first kappa shape index (κ1) is 14.9. The van der Waals surface area contributed by atoms with Crippen LogP contribution in [0, 0.1) is 0 Å². The Morgan fingerprint density at radius 2 is 1.48 bits per heavy atom. The molecule has 0 heterocycles. The van der Waals surface area contributed by atoms with Gasteiger partial charge >= 0.3 is 0 Å². The standard InChI is InChI=1S/C17H17NO3/c1-12(19)18-15(13-8-4-2-5-9-13)17(21)16(20)14-10-6-3-7-11-14/h2-11,15,17,21H,1H3,(H,18,19)/t15?,17-/m1/s1. The summed E-state index contributed by atoms with van der Waals surface area (Å²) in [6.07, 6.45) is -1.33. The highest BCUT2D eigenvalue weighted by molar-refractivity contribution is 6.00. The van der Waals surface area contributed by atoms with Crippen LogP contribution in [-0.2, 0) is 4.79 Å². The van der Waals surface area contributed by atoms with Gasteiger partial charge in [-0.15, -0.1) is 0 Å². The van der Waals surface area contributed by atoms with Gasteiger partial charge in [-0.1, -0.05) is 60.7 Å². The molecule has 2 aromatic rings. The second-order valence-corrected chi connectivity index (χ2v) is 4.76. The maximum absolute atomic E-state index is 12.3. The summed E-state index contributed by atoms with van der Waals surface area (Å²) in [5.41, 5.74) is 1.10. The Morgan fingerprint density at radius 1 is 0.952 bits per heavy atom. The van der Waals surface area contributed by atoms with E-state index >= 15 is 0 Å². The zero-order chi connectivity index (χ0) is 15.2. The van der Waals surface area contributed by atoms with Crippen LogP contribution in [0.3, 0.4) is 0 Å². The highest BCUT2D eigenvalue weighted by atomic mass is 16.3. The summed E-state index contributed by atoms with van der Waals surface area (Å²) in [6.45, 7) is 1.36. The third-order valence-corrected chi connectivity index (χ3v) is 3.16. The molecule has 1 unspecified atom stereocenters. The summed E-state index contributed by atoms with van der Waals surface area (Å²) >= 11 is 0. The van der Waals surface area contributed by atoms with Crippen LogP contribution in [0.15, 0.2) is 60.7 Å². The molecule has 2 aromatic carbocycles. The lowest BCUT2D eigenvalue weighted by Gasteiger charge is -2.23. The Balaban J connectivity index is 2.28. The number of amides is 1. The molecule has 2 N–H and O–H groups in total. The van der Waals surface area contributed by atoms with Crippen molar-refractivity contribution < 1.29 is 14.7 Å². The fraction of sp³-hybridized carbons (Fsp3) is 0.176. The molecule has 0 aliphatic carbocycles. The average molecular weight is 283 g/mol. The van der Waals surface area contributed by atoms with Crippen molar-refractivity contribution in [3.05, 3.63) is 71.8 Å². The summed E-state index contributed by atoms with van der Waals surface area (Å²) in [4.78, 5) is 23.7. The number of hydrogen-bond acceptors (Lipinski definition) is 3. The van der Waals surface area contributed by atoms with Gasteiger partial charge in [0.05, 0.1) is 6.04 Å². The Hall–Kier alpha value is -2.46. The normalized spacial score (nSPS) is 13.2. The van der Waals surface area contributed by atoms with Gasteiger partial charge in [-0.3, -0.25) is 9.59 Å². The van der Waals surface area contributed by atoms with Crippen molar-refractivity contribution in [1.29, 1.82) is 0 Å². The molecule has 4 nitrogen and oxygen atoms in total. The number of hydrogen-bond donors (Lipinski definition) is 2. The number of carbonyl (C=O) groups is 2. The van der Waals surface area contributed by atoms with Crippen LogP contribution in [0.5, 0.6) is 0 Å². The molecule has 0 spiro atoms. The van der Waals surface area contributed by atoms with Crippen LogP contribution in [0.25, 0.3) is 0 Å². The Labute approximate surface area is 123 Å². The van der Waals surface area contributed by atoms with E-state index in [0.29, 0.717) is 11.1 Å². The predicted molar refractivity (Wildman–Crippen MR) is 79.8 cm³/mol. The molecule has 0 bridgehead atoms. The lowest BCUT2D eigenvalue weighted by atomic mass is 9.95. The van der Waals surface area contributed by atoms with Gasteiger partial charge in [0.25, 0.3) is 0 Å². The topological polar surface area (TPSA) is 66.4 Å². The fourth-order valence-electron chi connectivity index (χ4n) is 2.15. The lowest BCUT2D eigenvalue weighted by molar-refractivity contribution is -0.120. The van der Waals surface area contributed by atoms with Gasteiger partial charge in [0, 0.05) is 12.5 Å². The Kier molecular flexibility index (Phi) is 4.85. The highest BCUT2D eigenvalue weighted by Crippen LogP contribution is 2.20. The minimum absolute atomic E-state index is 0.302. The minimum Gasteiger partial charge on any atom is -0.382 e. The van der Waals surface area contributed by atoms with Crippen LogP contribution in [-0.4, -0.2) is 22.9 Å². The molecule has 21 heavy (non-hydrogen) atoms. The van der Waals surface area contributed by atoms with Crippen LogP contribution < -0.4 is 5.32 Å². The van der Waals surface area contributed by atoms with Crippen molar-refractivity contribution >= 4 is 11.7 Å². The number of ketones is 1. The Bertz CT molecular complexity index is 610. The largest absolute Gasteiger partial charge is 0.382 e. The van der Waals surface area contributed by atoms with Crippen molar-refractivity contribution in [2.75, 3.05) is 0 Å². The molecule has 0 saturated heterocycles. The zero-order valence-electron chi connectivity index (χ0n) is 11.7. The number of rotatable bonds is 5. The van der Waals surface area contributed by atoms with Gasteiger partial charge in [0.15, 0.2) is 5.78 Å². The maximum Gasteiger partial charge on any atom is 0.217 e. The summed E-state index contributed by atoms with van der Waals surface area (Å²) < 4.78 is 0. The van der Waals surface area contributed by atoms with Crippen LogP contribution in [0.2, 0.25) is 0 Å². The van der Waals surface area contributed by atoms with Crippen molar-refractivity contribution in [2.24, 2.45) is 0 Å². The first-order valence-corrected chi connectivity index (χ1v) is 6.69. The maximum atomic E-state index is 12.3. The second kappa shape index (κ2) is 6.81. The van der Waals surface area contributed by atoms with Gasteiger partial charge in [0.2, 0.25) is 5.91 Å². The van der Waals surface area contributed by atoms with Gasteiger partial charge in [0.1, 0.15) is 6.10 Å². The van der Waals surface area contributed by atoms with E-state index in [9.17, 15) is 14.7 Å². The van der Waals surface area contributed by atoms with E-state index in [1.54, 1.807) is 54.6 Å². The third-order valence-electron chi connectivity index (χ3n) is 3.16. The summed E-state index contributed by atoms with van der Waals surface area (Å²) in [6, 6.07) is 16.7. The van der Waals surface area contributed by atoms with Crippen LogP contribution in [0.1, 0.15) is 28.9 Å². The molecule has 4 heteroatoms. The van der Waals surface area contributed by atoms with Crippen molar-refractivity contribution in [1.82, 2.24) is 5.32 Å². The summed E-state index contributed by atoms with van der Waals surface area (Å²) in [7, 11) is 0.